The lowest BCUT2D eigenvalue weighted by Crippen LogP contribution is -2.44. The molecule has 0 unspecified atom stereocenters. The minimum atomic E-state index is -0.0192. The Morgan fingerprint density at radius 1 is 0.931 bits per heavy atom. The molecule has 1 fully saturated rings. The summed E-state index contributed by atoms with van der Waals surface area (Å²) in [7, 11) is 5.62. The maximum absolute atomic E-state index is 12.3. The highest BCUT2D eigenvalue weighted by molar-refractivity contribution is 5.94. The van der Waals surface area contributed by atoms with Crippen LogP contribution in [0.3, 0.4) is 0 Å². The van der Waals surface area contributed by atoms with Gasteiger partial charge in [-0.25, -0.2) is 0 Å². The maximum Gasteiger partial charge on any atom is 0.253 e. The molecule has 6 nitrogen and oxygen atoms in total. The molecule has 0 radical (unpaired) electrons. The highest BCUT2D eigenvalue weighted by Crippen LogP contribution is 2.19. The van der Waals surface area contributed by atoms with Gasteiger partial charge in [0.1, 0.15) is 0 Å². The lowest BCUT2D eigenvalue weighted by atomic mass is 10.1. The van der Waals surface area contributed by atoms with Crippen LogP contribution >= 0.6 is 0 Å². The van der Waals surface area contributed by atoms with Gasteiger partial charge in [-0.1, -0.05) is 12.1 Å². The Bertz CT molecular complexity index is 823. The molecule has 154 valence electrons. The molecule has 0 aromatic heterocycles. The number of nitrogens with one attached hydrogen (secondary N) is 1. The second-order valence-electron chi connectivity index (χ2n) is 7.78. The van der Waals surface area contributed by atoms with Gasteiger partial charge >= 0.3 is 0 Å². The van der Waals surface area contributed by atoms with Gasteiger partial charge in [0.15, 0.2) is 0 Å². The maximum atomic E-state index is 12.3. The predicted octanol–water partition coefficient (Wildman–Crippen LogP) is 2.71. The van der Waals surface area contributed by atoms with E-state index in [0.717, 1.165) is 37.4 Å². The number of rotatable bonds is 6. The molecule has 2 aromatic rings. The van der Waals surface area contributed by atoms with Crippen molar-refractivity contribution in [3.8, 4) is 0 Å². The molecule has 0 atom stereocenters. The zero-order chi connectivity index (χ0) is 20.8. The zero-order valence-electron chi connectivity index (χ0n) is 17.5. The molecule has 3 rings (SSSR count). The Morgan fingerprint density at radius 2 is 1.55 bits per heavy atom. The lowest BCUT2D eigenvalue weighted by molar-refractivity contribution is -0.116. The van der Waals surface area contributed by atoms with Gasteiger partial charge in [0.25, 0.3) is 5.91 Å². The van der Waals surface area contributed by atoms with E-state index in [2.05, 4.69) is 34.3 Å². The van der Waals surface area contributed by atoms with Gasteiger partial charge in [-0.3, -0.25) is 9.59 Å². The predicted molar refractivity (Wildman–Crippen MR) is 118 cm³/mol. The first-order valence-electron chi connectivity index (χ1n) is 10.1. The fourth-order valence-electron chi connectivity index (χ4n) is 3.37. The molecule has 0 saturated carbocycles. The van der Waals surface area contributed by atoms with Crippen molar-refractivity contribution in [2.45, 2.75) is 12.8 Å². The van der Waals surface area contributed by atoms with Crippen molar-refractivity contribution in [3.63, 3.8) is 0 Å². The SMILES string of the molecule is CN1CCN(c2ccc(NC(=O)CCc3ccc(C(=O)N(C)C)cc3)cc2)CC1. The van der Waals surface area contributed by atoms with Crippen LogP contribution in [0.1, 0.15) is 22.3 Å². The quantitative estimate of drug-likeness (QED) is 0.819. The van der Waals surface area contributed by atoms with E-state index in [9.17, 15) is 9.59 Å². The average molecular weight is 395 g/mol. The first kappa shape index (κ1) is 20.9. The van der Waals surface area contributed by atoms with E-state index in [1.54, 1.807) is 19.0 Å². The van der Waals surface area contributed by atoms with Crippen molar-refractivity contribution in [1.29, 1.82) is 0 Å². The van der Waals surface area contributed by atoms with Gasteiger partial charge in [0.2, 0.25) is 5.91 Å². The molecule has 29 heavy (non-hydrogen) atoms. The molecule has 0 aliphatic carbocycles. The number of piperazine rings is 1. The van der Waals surface area contributed by atoms with Crippen LogP contribution in [0.2, 0.25) is 0 Å². The van der Waals surface area contributed by atoms with Crippen molar-refractivity contribution in [3.05, 3.63) is 59.7 Å². The first-order chi connectivity index (χ1) is 13.9. The summed E-state index contributed by atoms with van der Waals surface area (Å²) in [6.45, 7) is 4.20. The number of carbonyl (C=O) groups is 2. The molecule has 1 aliphatic rings. The molecule has 1 heterocycles. The van der Waals surface area contributed by atoms with Crippen LogP contribution in [0.15, 0.2) is 48.5 Å². The summed E-state index contributed by atoms with van der Waals surface area (Å²) in [6.07, 6.45) is 1.04. The van der Waals surface area contributed by atoms with Gasteiger partial charge in [0, 0.05) is 63.6 Å². The number of hydrogen-bond donors (Lipinski definition) is 1. The molecule has 1 N–H and O–H groups in total. The summed E-state index contributed by atoms with van der Waals surface area (Å²) >= 11 is 0. The van der Waals surface area contributed by atoms with Gasteiger partial charge in [0.05, 0.1) is 0 Å². The Hall–Kier alpha value is -2.86. The smallest absolute Gasteiger partial charge is 0.253 e. The lowest BCUT2D eigenvalue weighted by Gasteiger charge is -2.34. The van der Waals surface area contributed by atoms with Crippen LogP contribution in [-0.2, 0) is 11.2 Å². The monoisotopic (exact) mass is 394 g/mol. The third-order valence-corrected chi connectivity index (χ3v) is 5.27. The molecule has 1 saturated heterocycles. The minimum Gasteiger partial charge on any atom is -0.369 e. The fraction of sp³-hybridized carbons (Fsp3) is 0.391. The summed E-state index contributed by atoms with van der Waals surface area (Å²) in [5.74, 6) is -0.0277. The number of nitrogens with zero attached hydrogens (tertiary/aromatic N) is 3. The molecule has 2 amide bonds. The van der Waals surface area contributed by atoms with E-state index in [0.29, 0.717) is 18.4 Å². The minimum absolute atomic E-state index is 0.00853. The zero-order valence-corrected chi connectivity index (χ0v) is 17.5. The standard InChI is InChI=1S/C23H30N4O2/c1-25(2)23(29)19-7-4-18(5-8-19)6-13-22(28)24-20-9-11-21(12-10-20)27-16-14-26(3)15-17-27/h4-5,7-12H,6,13-17H2,1-3H3,(H,24,28). The van der Waals surface area contributed by atoms with Gasteiger partial charge in [-0.05, 0) is 55.4 Å². The van der Waals surface area contributed by atoms with Crippen LogP contribution in [0.4, 0.5) is 11.4 Å². The first-order valence-corrected chi connectivity index (χ1v) is 10.1. The Morgan fingerprint density at radius 3 is 2.14 bits per heavy atom. The van der Waals surface area contributed by atoms with Gasteiger partial charge in [-0.15, -0.1) is 0 Å². The van der Waals surface area contributed by atoms with E-state index < -0.39 is 0 Å². The molecular weight excluding hydrogens is 364 g/mol. The van der Waals surface area contributed by atoms with Crippen molar-refractivity contribution in [1.82, 2.24) is 9.80 Å². The van der Waals surface area contributed by atoms with Crippen molar-refractivity contribution >= 4 is 23.2 Å². The summed E-state index contributed by atoms with van der Waals surface area (Å²) in [5, 5.41) is 2.97. The fourth-order valence-corrected chi connectivity index (χ4v) is 3.37. The van der Waals surface area contributed by atoms with Gasteiger partial charge in [-0.2, -0.15) is 0 Å². The molecule has 0 bridgehead atoms. The highest BCUT2D eigenvalue weighted by Gasteiger charge is 2.14. The number of amides is 2. The summed E-state index contributed by atoms with van der Waals surface area (Å²) in [4.78, 5) is 30.5. The number of anilines is 2. The van der Waals surface area contributed by atoms with Gasteiger partial charge < -0.3 is 20.0 Å². The van der Waals surface area contributed by atoms with E-state index in [4.69, 9.17) is 0 Å². The third kappa shape index (κ3) is 5.81. The second-order valence-corrected chi connectivity index (χ2v) is 7.78. The second kappa shape index (κ2) is 9.56. The molecule has 0 spiro atoms. The molecule has 6 heteroatoms. The number of hydrogen-bond acceptors (Lipinski definition) is 4. The van der Waals surface area contributed by atoms with Crippen LogP contribution in [0, 0.1) is 0 Å². The van der Waals surface area contributed by atoms with E-state index in [-0.39, 0.29) is 11.8 Å². The Kier molecular flexibility index (Phi) is 6.88. The summed E-state index contributed by atoms with van der Waals surface area (Å²) < 4.78 is 0. The Labute approximate surface area is 173 Å². The summed E-state index contributed by atoms with van der Waals surface area (Å²) in [6, 6.07) is 15.5. The normalized spacial score (nSPS) is 14.5. The number of carbonyl (C=O) groups excluding carboxylic acids is 2. The van der Waals surface area contributed by atoms with Crippen molar-refractivity contribution < 1.29 is 9.59 Å². The van der Waals surface area contributed by atoms with E-state index in [1.807, 2.05) is 36.4 Å². The topological polar surface area (TPSA) is 55.9 Å². The highest BCUT2D eigenvalue weighted by atomic mass is 16.2. The molecular formula is C23H30N4O2. The Balaban J connectivity index is 1.47. The van der Waals surface area contributed by atoms with Crippen molar-refractivity contribution in [2.75, 3.05) is 57.5 Å². The van der Waals surface area contributed by atoms with Crippen LogP contribution < -0.4 is 10.2 Å². The van der Waals surface area contributed by atoms with E-state index >= 15 is 0 Å². The van der Waals surface area contributed by atoms with E-state index in [1.165, 1.54) is 5.69 Å². The number of aryl methyl sites for hydroxylation is 1. The summed E-state index contributed by atoms with van der Waals surface area (Å²) in [5.41, 5.74) is 3.72. The van der Waals surface area contributed by atoms with Crippen molar-refractivity contribution in [2.24, 2.45) is 0 Å². The van der Waals surface area contributed by atoms with Crippen LogP contribution in [0.5, 0.6) is 0 Å². The average Bonchev–Trinajstić information content (AvgIpc) is 2.73. The van der Waals surface area contributed by atoms with Crippen LogP contribution in [0.25, 0.3) is 0 Å². The van der Waals surface area contributed by atoms with Crippen LogP contribution in [-0.4, -0.2) is 68.9 Å². The molecule has 2 aromatic carbocycles. The largest absolute Gasteiger partial charge is 0.369 e. The molecule has 1 aliphatic heterocycles. The number of likely N-dealkylation sites (N-methyl/N-ethyl adjacent to an activating group) is 1. The third-order valence-electron chi connectivity index (χ3n) is 5.27. The number of benzene rings is 2.